The van der Waals surface area contributed by atoms with E-state index in [2.05, 4.69) is 63.3 Å². The molecule has 0 radical (unpaired) electrons. The molecule has 21 heavy (non-hydrogen) atoms. The van der Waals surface area contributed by atoms with Crippen LogP contribution in [0.5, 0.6) is 0 Å². The molecule has 0 amide bonds. The predicted molar refractivity (Wildman–Crippen MR) is 93.4 cm³/mol. The number of allylic oxidation sites excluding steroid dienone is 2. The molecule has 0 spiro atoms. The Morgan fingerprint density at radius 1 is 1.00 bits per heavy atom. The quantitative estimate of drug-likeness (QED) is 0.529. The van der Waals surface area contributed by atoms with Crippen LogP contribution in [0, 0.1) is 17.3 Å². The number of benzene rings is 1. The molecule has 1 fully saturated rings. The third-order valence-corrected chi connectivity index (χ3v) is 5.70. The van der Waals surface area contributed by atoms with Crippen LogP contribution in [0.1, 0.15) is 64.9 Å². The van der Waals surface area contributed by atoms with Crippen molar-refractivity contribution in [3.63, 3.8) is 0 Å². The second-order valence-corrected chi connectivity index (χ2v) is 7.46. The van der Waals surface area contributed by atoms with Gasteiger partial charge >= 0.3 is 0 Å². The van der Waals surface area contributed by atoms with Crippen molar-refractivity contribution >= 4 is 0 Å². The first-order chi connectivity index (χ1) is 10.1. The molecule has 1 saturated carbocycles. The molecule has 1 aromatic rings. The van der Waals surface area contributed by atoms with Crippen molar-refractivity contribution < 1.29 is 0 Å². The molecule has 1 aromatic carbocycles. The van der Waals surface area contributed by atoms with Gasteiger partial charge in [-0.05, 0) is 61.3 Å². The summed E-state index contributed by atoms with van der Waals surface area (Å²) in [5.41, 5.74) is 1.97. The molecule has 0 aromatic heterocycles. The second-order valence-electron chi connectivity index (χ2n) is 7.46. The van der Waals surface area contributed by atoms with E-state index in [1.807, 2.05) is 0 Å². The molecule has 0 unspecified atom stereocenters. The summed E-state index contributed by atoms with van der Waals surface area (Å²) in [6, 6.07) is 10.8. The third-order valence-electron chi connectivity index (χ3n) is 5.70. The van der Waals surface area contributed by atoms with E-state index in [-0.39, 0.29) is 0 Å². The molecule has 0 heteroatoms. The van der Waals surface area contributed by atoms with E-state index < -0.39 is 0 Å². The van der Waals surface area contributed by atoms with Gasteiger partial charge in [-0.15, -0.1) is 0 Å². The van der Waals surface area contributed by atoms with Crippen molar-refractivity contribution in [3.05, 3.63) is 48.0 Å². The monoisotopic (exact) mass is 284 g/mol. The molecule has 116 valence electrons. The van der Waals surface area contributed by atoms with Crippen molar-refractivity contribution in [2.45, 2.75) is 65.7 Å². The van der Waals surface area contributed by atoms with Gasteiger partial charge in [0.1, 0.15) is 0 Å². The van der Waals surface area contributed by atoms with Gasteiger partial charge in [0.2, 0.25) is 0 Å². The average molecular weight is 284 g/mol. The summed E-state index contributed by atoms with van der Waals surface area (Å²) >= 11 is 0. The van der Waals surface area contributed by atoms with Crippen LogP contribution in [0.15, 0.2) is 42.5 Å². The van der Waals surface area contributed by atoms with E-state index in [4.69, 9.17) is 0 Å². The highest BCUT2D eigenvalue weighted by atomic mass is 14.4. The Kier molecular flexibility index (Phi) is 6.08. The van der Waals surface area contributed by atoms with Crippen LogP contribution >= 0.6 is 0 Å². The van der Waals surface area contributed by atoms with Crippen molar-refractivity contribution in [1.29, 1.82) is 0 Å². The third kappa shape index (κ3) is 5.02. The van der Waals surface area contributed by atoms with E-state index in [1.165, 1.54) is 44.1 Å². The van der Waals surface area contributed by atoms with E-state index >= 15 is 0 Å². The van der Waals surface area contributed by atoms with Crippen molar-refractivity contribution in [1.82, 2.24) is 0 Å². The lowest BCUT2D eigenvalue weighted by molar-refractivity contribution is 0.129. The largest absolute Gasteiger partial charge is 0.0879 e. The average Bonchev–Trinajstić information content (AvgIpc) is 2.53. The van der Waals surface area contributed by atoms with Gasteiger partial charge < -0.3 is 0 Å². The summed E-state index contributed by atoms with van der Waals surface area (Å²) in [5, 5.41) is 0. The highest BCUT2D eigenvalue weighted by Crippen LogP contribution is 2.42. The Morgan fingerprint density at radius 3 is 2.29 bits per heavy atom. The number of hydrogen-bond donors (Lipinski definition) is 0. The first-order valence-corrected chi connectivity index (χ1v) is 8.80. The van der Waals surface area contributed by atoms with E-state index in [1.54, 1.807) is 0 Å². The molecule has 0 heterocycles. The molecular formula is C21H32. The van der Waals surface area contributed by atoms with Gasteiger partial charge in [0, 0.05) is 0 Å². The van der Waals surface area contributed by atoms with E-state index in [0.29, 0.717) is 5.41 Å². The first kappa shape index (κ1) is 16.3. The standard InChI is InChI=1S/C21H32/c1-4-21(2,3)20-16-14-19(15-17-20)13-9-8-12-18-10-6-5-7-11-18/h5-11,19-20H,4,12-17H2,1-3H3. The fraction of sp³-hybridized carbons (Fsp3) is 0.619. The van der Waals surface area contributed by atoms with Crippen molar-refractivity contribution in [2.75, 3.05) is 0 Å². The van der Waals surface area contributed by atoms with Gasteiger partial charge in [-0.2, -0.15) is 0 Å². The normalized spacial score (nSPS) is 23.6. The number of rotatable bonds is 6. The maximum atomic E-state index is 2.46. The van der Waals surface area contributed by atoms with Crippen molar-refractivity contribution in [3.8, 4) is 0 Å². The summed E-state index contributed by atoms with van der Waals surface area (Å²) in [5.74, 6) is 1.88. The van der Waals surface area contributed by atoms with Gasteiger partial charge in [0.25, 0.3) is 0 Å². The summed E-state index contributed by atoms with van der Waals surface area (Å²) in [6.07, 6.45) is 14.2. The summed E-state index contributed by atoms with van der Waals surface area (Å²) in [4.78, 5) is 0. The predicted octanol–water partition coefficient (Wildman–Crippen LogP) is 6.42. The Balaban J connectivity index is 1.69. The minimum absolute atomic E-state index is 0.550. The SMILES string of the molecule is CCC(C)(C)C1CCC(CC=CCc2ccccc2)CC1. The Morgan fingerprint density at radius 2 is 1.67 bits per heavy atom. The van der Waals surface area contributed by atoms with Gasteiger partial charge in [-0.25, -0.2) is 0 Å². The number of hydrogen-bond acceptors (Lipinski definition) is 0. The zero-order chi connectivity index (χ0) is 15.1. The zero-order valence-corrected chi connectivity index (χ0v) is 14.1. The van der Waals surface area contributed by atoms with Crippen LogP contribution in [0.25, 0.3) is 0 Å². The van der Waals surface area contributed by atoms with Gasteiger partial charge in [0.05, 0.1) is 0 Å². The molecule has 0 aliphatic heterocycles. The molecule has 1 aliphatic rings. The second kappa shape index (κ2) is 7.82. The smallest absolute Gasteiger partial charge is 0.00975 e. The molecule has 0 atom stereocenters. The maximum Gasteiger partial charge on any atom is -0.00975 e. The highest BCUT2D eigenvalue weighted by molar-refractivity contribution is 5.17. The van der Waals surface area contributed by atoms with Crippen molar-refractivity contribution in [2.24, 2.45) is 17.3 Å². The molecule has 2 rings (SSSR count). The lowest BCUT2D eigenvalue weighted by Gasteiger charge is -2.38. The van der Waals surface area contributed by atoms with Gasteiger partial charge in [-0.1, -0.05) is 69.7 Å². The molecule has 0 N–H and O–H groups in total. The zero-order valence-electron chi connectivity index (χ0n) is 14.1. The summed E-state index contributed by atoms with van der Waals surface area (Å²) in [7, 11) is 0. The van der Waals surface area contributed by atoms with Crippen LogP contribution in [0.2, 0.25) is 0 Å². The van der Waals surface area contributed by atoms with E-state index in [0.717, 1.165) is 18.3 Å². The minimum atomic E-state index is 0.550. The summed E-state index contributed by atoms with van der Waals surface area (Å²) < 4.78 is 0. The lowest BCUT2D eigenvalue weighted by Crippen LogP contribution is -2.27. The Labute approximate surface area is 131 Å². The summed E-state index contributed by atoms with van der Waals surface area (Å²) in [6.45, 7) is 7.26. The first-order valence-electron chi connectivity index (χ1n) is 8.80. The maximum absolute atomic E-state index is 2.46. The minimum Gasteiger partial charge on any atom is -0.0879 e. The van der Waals surface area contributed by atoms with E-state index in [9.17, 15) is 0 Å². The van der Waals surface area contributed by atoms with Crippen LogP contribution in [-0.4, -0.2) is 0 Å². The van der Waals surface area contributed by atoms with Gasteiger partial charge in [-0.3, -0.25) is 0 Å². The molecule has 1 aliphatic carbocycles. The van der Waals surface area contributed by atoms with Gasteiger partial charge in [0.15, 0.2) is 0 Å². The lowest BCUT2D eigenvalue weighted by atomic mass is 9.67. The topological polar surface area (TPSA) is 0 Å². The van der Waals surface area contributed by atoms with Crippen LogP contribution in [0.3, 0.4) is 0 Å². The molecule has 0 nitrogen and oxygen atoms in total. The molecular weight excluding hydrogens is 252 g/mol. The van der Waals surface area contributed by atoms with Crippen LogP contribution < -0.4 is 0 Å². The van der Waals surface area contributed by atoms with Crippen LogP contribution in [-0.2, 0) is 6.42 Å². The Bertz CT molecular complexity index is 419. The fourth-order valence-electron chi connectivity index (χ4n) is 3.59. The molecule has 0 saturated heterocycles. The highest BCUT2D eigenvalue weighted by Gasteiger charge is 2.31. The Hall–Kier alpha value is -1.04. The molecule has 0 bridgehead atoms. The van der Waals surface area contributed by atoms with Crippen LogP contribution in [0.4, 0.5) is 0 Å². The fourth-order valence-corrected chi connectivity index (χ4v) is 3.59.